The Kier molecular flexibility index (Phi) is 6.17. The molecule has 3 heteroatoms. The monoisotopic (exact) mass is 665 g/mol. The van der Waals surface area contributed by atoms with Gasteiger partial charge in [-0.05, 0) is 94.0 Å². The van der Waals surface area contributed by atoms with Crippen LogP contribution >= 0.6 is 0 Å². The summed E-state index contributed by atoms with van der Waals surface area (Å²) in [7, 11) is 0. The largest absolute Gasteiger partial charge is 0.457 e. The van der Waals surface area contributed by atoms with Crippen LogP contribution in [0.25, 0.3) is 44.2 Å². The number of benzene rings is 8. The van der Waals surface area contributed by atoms with E-state index in [4.69, 9.17) is 9.15 Å². The van der Waals surface area contributed by atoms with Gasteiger partial charge in [0.25, 0.3) is 0 Å². The Morgan fingerprint density at radius 1 is 0.404 bits per heavy atom. The molecule has 9 aromatic rings. The lowest BCUT2D eigenvalue weighted by Gasteiger charge is -2.39. The van der Waals surface area contributed by atoms with Gasteiger partial charge in [-0.2, -0.15) is 0 Å². The molecule has 0 atom stereocenters. The first-order valence-corrected chi connectivity index (χ1v) is 17.8. The maximum Gasteiger partial charge on any atom is 0.136 e. The average Bonchev–Trinajstić information content (AvgIpc) is 3.73. The standard InChI is InChI=1S/C49H31NO2/c1-3-13-32(14-4-1)33-23-25-35(26-24-33)50(34-15-5-2-6-16-34)36-27-29-43-38(31-36)48-46(51-43)30-28-42-47(48)37-17-7-8-18-39(37)49(42)40-19-9-11-21-44(40)52-45-22-12-10-20-41(45)49/h1-31H. The molecule has 0 unspecified atom stereocenters. The van der Waals surface area contributed by atoms with Crippen molar-refractivity contribution in [2.45, 2.75) is 5.41 Å². The highest BCUT2D eigenvalue weighted by Gasteiger charge is 2.51. The molecule has 3 nitrogen and oxygen atoms in total. The summed E-state index contributed by atoms with van der Waals surface area (Å²) in [5.74, 6) is 1.78. The Hall–Kier alpha value is -6.84. The van der Waals surface area contributed by atoms with Gasteiger partial charge in [-0.1, -0.05) is 127 Å². The van der Waals surface area contributed by atoms with Crippen molar-refractivity contribution in [3.8, 4) is 33.8 Å². The molecule has 0 fully saturated rings. The van der Waals surface area contributed by atoms with Gasteiger partial charge >= 0.3 is 0 Å². The highest BCUT2D eigenvalue weighted by Crippen LogP contribution is 2.63. The van der Waals surface area contributed by atoms with E-state index in [1.54, 1.807) is 0 Å². The van der Waals surface area contributed by atoms with E-state index in [9.17, 15) is 0 Å². The summed E-state index contributed by atoms with van der Waals surface area (Å²) in [4.78, 5) is 2.33. The van der Waals surface area contributed by atoms with E-state index in [2.05, 4.69) is 193 Å². The lowest BCUT2D eigenvalue weighted by molar-refractivity contribution is 0.436. The minimum absolute atomic E-state index is 0.538. The first-order valence-electron chi connectivity index (χ1n) is 17.8. The summed E-state index contributed by atoms with van der Waals surface area (Å²) in [6.07, 6.45) is 0. The number of hydrogen-bond acceptors (Lipinski definition) is 3. The minimum atomic E-state index is -0.538. The van der Waals surface area contributed by atoms with Crippen LogP contribution in [0, 0.1) is 0 Å². The van der Waals surface area contributed by atoms with Gasteiger partial charge in [0.15, 0.2) is 0 Å². The number of ether oxygens (including phenoxy) is 1. The van der Waals surface area contributed by atoms with Crippen LogP contribution in [-0.2, 0) is 5.41 Å². The van der Waals surface area contributed by atoms with E-state index in [1.165, 1.54) is 33.4 Å². The quantitative estimate of drug-likeness (QED) is 0.187. The van der Waals surface area contributed by atoms with Crippen molar-refractivity contribution in [3.05, 3.63) is 210 Å². The average molecular weight is 666 g/mol. The van der Waals surface area contributed by atoms with E-state index in [0.717, 1.165) is 61.6 Å². The molecular formula is C49H31NO2. The van der Waals surface area contributed by atoms with Crippen LogP contribution in [0.2, 0.25) is 0 Å². The van der Waals surface area contributed by atoms with Gasteiger partial charge in [0.05, 0.1) is 5.41 Å². The minimum Gasteiger partial charge on any atom is -0.457 e. The Labute approximate surface area is 301 Å². The van der Waals surface area contributed by atoms with Crippen molar-refractivity contribution in [3.63, 3.8) is 0 Å². The molecule has 0 radical (unpaired) electrons. The zero-order valence-corrected chi connectivity index (χ0v) is 28.2. The van der Waals surface area contributed by atoms with Crippen LogP contribution in [-0.4, -0.2) is 0 Å². The van der Waals surface area contributed by atoms with Gasteiger partial charge in [-0.15, -0.1) is 0 Å². The number of furan rings is 1. The van der Waals surface area contributed by atoms with Gasteiger partial charge in [0.1, 0.15) is 22.7 Å². The predicted octanol–water partition coefficient (Wildman–Crippen LogP) is 13.2. The maximum atomic E-state index is 6.68. The summed E-state index contributed by atoms with van der Waals surface area (Å²) in [6.45, 7) is 0. The second kappa shape index (κ2) is 11.1. The fraction of sp³-hybridized carbons (Fsp3) is 0.0204. The van der Waals surface area contributed by atoms with Crippen molar-refractivity contribution >= 4 is 39.0 Å². The highest BCUT2D eigenvalue weighted by molar-refractivity contribution is 6.16. The van der Waals surface area contributed by atoms with Crippen LogP contribution in [0.4, 0.5) is 17.1 Å². The van der Waals surface area contributed by atoms with Crippen LogP contribution < -0.4 is 9.64 Å². The number of nitrogens with zero attached hydrogens (tertiary/aromatic N) is 1. The van der Waals surface area contributed by atoms with Gasteiger partial charge in [0, 0.05) is 39.0 Å². The smallest absolute Gasteiger partial charge is 0.136 e. The van der Waals surface area contributed by atoms with E-state index in [0.29, 0.717) is 0 Å². The lowest BCUT2D eigenvalue weighted by atomic mass is 9.66. The summed E-state index contributed by atoms with van der Waals surface area (Å²) < 4.78 is 13.2. The fourth-order valence-electron chi connectivity index (χ4n) is 8.79. The SMILES string of the molecule is c1ccc(-c2ccc(N(c3ccccc3)c3ccc4oc5ccc6c(c5c4c3)-c3ccccc3C63c4ccccc4Oc4ccccc43)cc2)cc1. The first-order chi connectivity index (χ1) is 25.8. The molecule has 8 aromatic carbocycles. The Balaban J connectivity index is 1.16. The molecule has 0 saturated heterocycles. The molecule has 1 aromatic heterocycles. The molecule has 2 heterocycles. The maximum absolute atomic E-state index is 6.68. The summed E-state index contributed by atoms with van der Waals surface area (Å²) >= 11 is 0. The third-order valence-electron chi connectivity index (χ3n) is 10.9. The Bertz CT molecular complexity index is 2770. The van der Waals surface area contributed by atoms with Gasteiger partial charge in [0.2, 0.25) is 0 Å². The van der Waals surface area contributed by atoms with Crippen molar-refractivity contribution in [1.29, 1.82) is 0 Å². The molecule has 0 N–H and O–H groups in total. The van der Waals surface area contributed by atoms with Crippen molar-refractivity contribution < 1.29 is 9.15 Å². The second-order valence-electron chi connectivity index (χ2n) is 13.6. The Morgan fingerprint density at radius 2 is 0.962 bits per heavy atom. The third-order valence-corrected chi connectivity index (χ3v) is 10.9. The molecule has 52 heavy (non-hydrogen) atoms. The number of fused-ring (bicyclic) bond motifs is 13. The molecule has 0 bridgehead atoms. The summed E-state index contributed by atoms with van der Waals surface area (Å²) in [6, 6.07) is 66.9. The van der Waals surface area contributed by atoms with Crippen LogP contribution in [0.3, 0.4) is 0 Å². The topological polar surface area (TPSA) is 25.6 Å². The third kappa shape index (κ3) is 4.02. The number of rotatable bonds is 4. The second-order valence-corrected chi connectivity index (χ2v) is 13.6. The summed E-state index contributed by atoms with van der Waals surface area (Å²) in [5, 5.41) is 2.22. The molecule has 1 aliphatic carbocycles. The van der Waals surface area contributed by atoms with E-state index in [1.807, 2.05) is 0 Å². The number of hydrogen-bond donors (Lipinski definition) is 0. The molecule has 11 rings (SSSR count). The normalized spacial score (nSPS) is 13.3. The van der Waals surface area contributed by atoms with Crippen LogP contribution in [0.5, 0.6) is 11.5 Å². The molecule has 2 aliphatic rings. The summed E-state index contributed by atoms with van der Waals surface area (Å²) in [5.41, 5.74) is 14.1. The number of para-hydroxylation sites is 3. The van der Waals surface area contributed by atoms with Crippen molar-refractivity contribution in [2.75, 3.05) is 4.90 Å². The predicted molar refractivity (Wildman–Crippen MR) is 211 cm³/mol. The lowest BCUT2D eigenvalue weighted by Crippen LogP contribution is -2.32. The molecular weight excluding hydrogens is 635 g/mol. The zero-order chi connectivity index (χ0) is 34.2. The molecule has 244 valence electrons. The number of anilines is 3. The van der Waals surface area contributed by atoms with Crippen molar-refractivity contribution in [1.82, 2.24) is 0 Å². The van der Waals surface area contributed by atoms with E-state index < -0.39 is 5.41 Å². The first kappa shape index (κ1) is 28.9. The van der Waals surface area contributed by atoms with Crippen molar-refractivity contribution in [2.24, 2.45) is 0 Å². The van der Waals surface area contributed by atoms with Crippen LogP contribution in [0.15, 0.2) is 192 Å². The van der Waals surface area contributed by atoms with Gasteiger partial charge in [-0.25, -0.2) is 0 Å². The molecule has 1 spiro atoms. The molecule has 1 aliphatic heterocycles. The van der Waals surface area contributed by atoms with E-state index in [-0.39, 0.29) is 0 Å². The van der Waals surface area contributed by atoms with Gasteiger partial charge < -0.3 is 14.1 Å². The molecule has 0 saturated carbocycles. The van der Waals surface area contributed by atoms with Gasteiger partial charge in [-0.3, -0.25) is 0 Å². The Morgan fingerprint density at radius 3 is 1.69 bits per heavy atom. The fourth-order valence-corrected chi connectivity index (χ4v) is 8.79. The highest BCUT2D eigenvalue weighted by atomic mass is 16.5. The molecule has 0 amide bonds. The zero-order valence-electron chi connectivity index (χ0n) is 28.2. The van der Waals surface area contributed by atoms with Crippen LogP contribution in [0.1, 0.15) is 22.3 Å². The van der Waals surface area contributed by atoms with E-state index >= 15 is 0 Å².